The van der Waals surface area contributed by atoms with Crippen molar-refractivity contribution in [1.82, 2.24) is 10.2 Å². The predicted octanol–water partition coefficient (Wildman–Crippen LogP) is 1.83. The van der Waals surface area contributed by atoms with Gasteiger partial charge in [0.1, 0.15) is 6.17 Å². The normalized spacial score (nSPS) is 20.2. The second-order valence-corrected chi connectivity index (χ2v) is 4.11. The number of benzene rings is 1. The van der Waals surface area contributed by atoms with Crippen LogP contribution in [0.2, 0.25) is 0 Å². The molecule has 2 rings (SSSR count). The maximum absolute atomic E-state index is 8.99. The Morgan fingerprint density at radius 1 is 1.31 bits per heavy atom. The van der Waals surface area contributed by atoms with Gasteiger partial charge in [-0.15, -0.1) is 0 Å². The van der Waals surface area contributed by atoms with Crippen LogP contribution in [0.25, 0.3) is 0 Å². The highest BCUT2D eigenvalue weighted by Crippen LogP contribution is 2.29. The molecule has 0 aromatic heterocycles. The van der Waals surface area contributed by atoms with Crippen molar-refractivity contribution in [2.24, 2.45) is 0 Å². The number of nitrogens with one attached hydrogen (secondary N) is 1. The minimum atomic E-state index is 0.190. The number of rotatable bonds is 3. The summed E-state index contributed by atoms with van der Waals surface area (Å²) in [5.74, 6) is 0. The zero-order valence-corrected chi connectivity index (χ0v) is 9.77. The zero-order chi connectivity index (χ0) is 11.5. The van der Waals surface area contributed by atoms with Gasteiger partial charge in [0.2, 0.25) is 0 Å². The van der Waals surface area contributed by atoms with E-state index in [1.165, 1.54) is 11.3 Å². The molecular formula is C13H18N2O. The lowest BCUT2D eigenvalue weighted by atomic mass is 10.1. The molecular weight excluding hydrogens is 200 g/mol. The van der Waals surface area contributed by atoms with Crippen LogP contribution in [0.15, 0.2) is 41.7 Å². The van der Waals surface area contributed by atoms with Crippen LogP contribution in [-0.4, -0.2) is 23.7 Å². The van der Waals surface area contributed by atoms with Crippen molar-refractivity contribution in [2.45, 2.75) is 19.5 Å². The first-order valence-corrected chi connectivity index (χ1v) is 5.59. The zero-order valence-electron chi connectivity index (χ0n) is 9.77. The van der Waals surface area contributed by atoms with E-state index in [0.29, 0.717) is 6.42 Å². The first kappa shape index (κ1) is 11.0. The van der Waals surface area contributed by atoms with E-state index < -0.39 is 0 Å². The summed E-state index contributed by atoms with van der Waals surface area (Å²) in [6, 6.07) is 10.3. The van der Waals surface area contributed by atoms with Gasteiger partial charge in [0.25, 0.3) is 0 Å². The minimum absolute atomic E-state index is 0.190. The summed E-state index contributed by atoms with van der Waals surface area (Å²) in [6.45, 7) is 2.27. The highest BCUT2D eigenvalue weighted by molar-refractivity contribution is 5.26. The van der Waals surface area contributed by atoms with Crippen molar-refractivity contribution in [3.8, 4) is 0 Å². The van der Waals surface area contributed by atoms with Crippen LogP contribution in [0, 0.1) is 0 Å². The van der Waals surface area contributed by atoms with Gasteiger partial charge in [0.05, 0.1) is 0 Å². The van der Waals surface area contributed by atoms with Gasteiger partial charge in [-0.25, -0.2) is 0 Å². The second-order valence-electron chi connectivity index (χ2n) is 4.11. The monoisotopic (exact) mass is 218 g/mol. The van der Waals surface area contributed by atoms with E-state index in [-0.39, 0.29) is 12.8 Å². The van der Waals surface area contributed by atoms with Crippen LogP contribution < -0.4 is 5.32 Å². The largest absolute Gasteiger partial charge is 0.396 e. The Balaban J connectivity index is 2.18. The minimum Gasteiger partial charge on any atom is -0.396 e. The topological polar surface area (TPSA) is 35.5 Å². The van der Waals surface area contributed by atoms with Crippen LogP contribution in [-0.2, 0) is 0 Å². The maximum Gasteiger partial charge on any atom is 0.125 e. The molecule has 16 heavy (non-hydrogen) atoms. The van der Waals surface area contributed by atoms with Crippen LogP contribution in [0.4, 0.5) is 0 Å². The summed E-state index contributed by atoms with van der Waals surface area (Å²) in [4.78, 5) is 2.21. The number of nitrogens with zero attached hydrogens (tertiary/aromatic N) is 1. The standard InChI is InChI=1S/C13H18N2O/c1-10-12(8-9-16)14-13(15(10)2)11-6-4-3-5-7-11/h3-7,13-14,16H,8-9H2,1-2H3. The Labute approximate surface area is 96.4 Å². The van der Waals surface area contributed by atoms with E-state index in [4.69, 9.17) is 5.11 Å². The molecule has 1 heterocycles. The molecule has 0 amide bonds. The predicted molar refractivity (Wildman–Crippen MR) is 64.5 cm³/mol. The fourth-order valence-electron chi connectivity index (χ4n) is 2.08. The molecule has 1 aromatic carbocycles. The van der Waals surface area contributed by atoms with E-state index in [1.807, 2.05) is 18.2 Å². The van der Waals surface area contributed by atoms with Crippen molar-refractivity contribution in [3.63, 3.8) is 0 Å². The van der Waals surface area contributed by atoms with Gasteiger partial charge in [-0.1, -0.05) is 30.3 Å². The van der Waals surface area contributed by atoms with Gasteiger partial charge < -0.3 is 15.3 Å². The van der Waals surface area contributed by atoms with Crippen molar-refractivity contribution in [1.29, 1.82) is 0 Å². The summed E-state index contributed by atoms with van der Waals surface area (Å²) in [7, 11) is 2.07. The highest BCUT2D eigenvalue weighted by Gasteiger charge is 2.26. The molecule has 2 N–H and O–H groups in total. The molecule has 0 saturated carbocycles. The van der Waals surface area contributed by atoms with Gasteiger partial charge in [-0.05, 0) is 12.5 Å². The number of hydrogen-bond acceptors (Lipinski definition) is 3. The third-order valence-electron chi connectivity index (χ3n) is 3.14. The molecule has 0 spiro atoms. The van der Waals surface area contributed by atoms with Gasteiger partial charge >= 0.3 is 0 Å². The molecule has 1 aromatic rings. The molecule has 0 fully saturated rings. The first-order valence-electron chi connectivity index (χ1n) is 5.59. The van der Waals surface area contributed by atoms with Crippen LogP contribution in [0.5, 0.6) is 0 Å². The number of aliphatic hydroxyl groups excluding tert-OH is 1. The molecule has 1 aliphatic heterocycles. The fraction of sp³-hybridized carbons (Fsp3) is 0.385. The third-order valence-corrected chi connectivity index (χ3v) is 3.14. The van der Waals surface area contributed by atoms with Crippen LogP contribution >= 0.6 is 0 Å². The van der Waals surface area contributed by atoms with E-state index in [0.717, 1.165) is 5.70 Å². The molecule has 0 aliphatic carbocycles. The highest BCUT2D eigenvalue weighted by atomic mass is 16.3. The maximum atomic E-state index is 8.99. The average Bonchev–Trinajstić information content (AvgIpc) is 2.59. The lowest BCUT2D eigenvalue weighted by Crippen LogP contribution is -2.25. The molecule has 1 atom stereocenters. The van der Waals surface area contributed by atoms with Crippen LogP contribution in [0.1, 0.15) is 25.1 Å². The SMILES string of the molecule is CC1=C(CCO)NC(c2ccccc2)N1C. The lowest BCUT2D eigenvalue weighted by molar-refractivity contribution is 0.293. The summed E-state index contributed by atoms with van der Waals surface area (Å²) in [5, 5.41) is 12.4. The summed E-state index contributed by atoms with van der Waals surface area (Å²) < 4.78 is 0. The van der Waals surface area contributed by atoms with Gasteiger partial charge in [0, 0.05) is 31.5 Å². The molecule has 86 valence electrons. The second kappa shape index (κ2) is 4.58. The molecule has 0 saturated heterocycles. The Hall–Kier alpha value is -1.48. The van der Waals surface area contributed by atoms with Crippen LogP contribution in [0.3, 0.4) is 0 Å². The molecule has 0 radical (unpaired) electrons. The average molecular weight is 218 g/mol. The Morgan fingerprint density at radius 2 is 2.00 bits per heavy atom. The first-order chi connectivity index (χ1) is 7.74. The Bertz CT molecular complexity index is 386. The van der Waals surface area contributed by atoms with Crippen molar-refractivity contribution in [2.75, 3.05) is 13.7 Å². The van der Waals surface area contributed by atoms with E-state index >= 15 is 0 Å². The summed E-state index contributed by atoms with van der Waals surface area (Å²) >= 11 is 0. The summed E-state index contributed by atoms with van der Waals surface area (Å²) in [5.41, 5.74) is 3.60. The molecule has 1 unspecified atom stereocenters. The Kier molecular flexibility index (Phi) is 3.15. The molecule has 1 aliphatic rings. The van der Waals surface area contributed by atoms with Crippen molar-refractivity contribution < 1.29 is 5.11 Å². The molecule has 3 nitrogen and oxygen atoms in total. The molecule has 0 bridgehead atoms. The van der Waals surface area contributed by atoms with Crippen molar-refractivity contribution >= 4 is 0 Å². The van der Waals surface area contributed by atoms with E-state index in [9.17, 15) is 0 Å². The number of allylic oxidation sites excluding steroid dienone is 1. The lowest BCUT2D eigenvalue weighted by Gasteiger charge is -2.23. The quantitative estimate of drug-likeness (QED) is 0.812. The van der Waals surface area contributed by atoms with E-state index in [2.05, 4.69) is 36.3 Å². The number of hydrogen-bond donors (Lipinski definition) is 2. The molecule has 3 heteroatoms. The van der Waals surface area contributed by atoms with E-state index in [1.54, 1.807) is 0 Å². The number of aliphatic hydroxyl groups is 1. The third kappa shape index (κ3) is 1.91. The van der Waals surface area contributed by atoms with Gasteiger partial charge in [0.15, 0.2) is 0 Å². The van der Waals surface area contributed by atoms with Gasteiger partial charge in [-0.3, -0.25) is 0 Å². The Morgan fingerprint density at radius 3 is 2.62 bits per heavy atom. The smallest absolute Gasteiger partial charge is 0.125 e. The van der Waals surface area contributed by atoms with Gasteiger partial charge in [-0.2, -0.15) is 0 Å². The van der Waals surface area contributed by atoms with Crippen molar-refractivity contribution in [3.05, 3.63) is 47.3 Å². The summed E-state index contributed by atoms with van der Waals surface area (Å²) in [6.07, 6.45) is 0.891. The fourth-order valence-corrected chi connectivity index (χ4v) is 2.08.